The third-order valence-corrected chi connectivity index (χ3v) is 5.97. The first-order valence-electron chi connectivity index (χ1n) is 10.1. The highest BCUT2D eigenvalue weighted by atomic mass is 16.2. The summed E-state index contributed by atoms with van der Waals surface area (Å²) in [6.07, 6.45) is 9.22. The summed E-state index contributed by atoms with van der Waals surface area (Å²) in [5.74, 6) is 0.884. The Morgan fingerprint density at radius 3 is 2.41 bits per heavy atom. The molecule has 27 heavy (non-hydrogen) atoms. The number of carbonyl (C=O) groups excluding carboxylic acids is 1. The van der Waals surface area contributed by atoms with Crippen LogP contribution in [0.2, 0.25) is 0 Å². The summed E-state index contributed by atoms with van der Waals surface area (Å²) in [6, 6.07) is 9.93. The topological polar surface area (TPSA) is 49.3 Å². The second-order valence-corrected chi connectivity index (χ2v) is 7.90. The molecule has 5 heteroatoms. The zero-order valence-electron chi connectivity index (χ0n) is 16.1. The highest BCUT2D eigenvalue weighted by molar-refractivity contribution is 5.95. The molecule has 2 aromatic rings. The van der Waals surface area contributed by atoms with E-state index in [9.17, 15) is 4.79 Å². The molecule has 5 nitrogen and oxygen atoms in total. The Kier molecular flexibility index (Phi) is 5.48. The lowest BCUT2D eigenvalue weighted by Crippen LogP contribution is -2.38. The molecule has 142 valence electrons. The first-order valence-corrected chi connectivity index (χ1v) is 10.1. The summed E-state index contributed by atoms with van der Waals surface area (Å²) in [5.41, 5.74) is 2.88. The van der Waals surface area contributed by atoms with Crippen LogP contribution in [0.1, 0.15) is 49.4 Å². The van der Waals surface area contributed by atoms with E-state index in [1.165, 1.54) is 0 Å². The van der Waals surface area contributed by atoms with Gasteiger partial charge in [-0.15, -0.1) is 0 Å². The monoisotopic (exact) mass is 364 g/mol. The van der Waals surface area contributed by atoms with Gasteiger partial charge >= 0.3 is 0 Å². The molecule has 2 fully saturated rings. The second-order valence-electron chi connectivity index (χ2n) is 7.90. The molecule has 1 saturated carbocycles. The summed E-state index contributed by atoms with van der Waals surface area (Å²) < 4.78 is 0. The van der Waals surface area contributed by atoms with Gasteiger partial charge in [-0.05, 0) is 58.0 Å². The molecule has 0 atom stereocenters. The molecule has 1 aliphatic heterocycles. The average Bonchev–Trinajstić information content (AvgIpc) is 2.66. The number of likely N-dealkylation sites (tertiary alicyclic amines) is 1. The third-order valence-electron chi connectivity index (χ3n) is 5.97. The zero-order chi connectivity index (χ0) is 18.6. The number of carbonyl (C=O) groups is 1. The quantitative estimate of drug-likeness (QED) is 0.813. The van der Waals surface area contributed by atoms with Crippen molar-refractivity contribution in [3.05, 3.63) is 54.1 Å². The van der Waals surface area contributed by atoms with Gasteiger partial charge in [-0.3, -0.25) is 14.8 Å². The summed E-state index contributed by atoms with van der Waals surface area (Å²) >= 11 is 0. The van der Waals surface area contributed by atoms with Crippen LogP contribution < -0.4 is 4.90 Å². The molecule has 1 aromatic heterocycles. The van der Waals surface area contributed by atoms with Crippen LogP contribution in [0.3, 0.4) is 0 Å². The minimum atomic E-state index is 0.164. The van der Waals surface area contributed by atoms with Gasteiger partial charge < -0.3 is 9.80 Å². The number of hydrogen-bond donors (Lipinski definition) is 0. The molecule has 1 saturated heterocycles. The molecule has 2 aliphatic rings. The molecular weight excluding hydrogens is 336 g/mol. The lowest BCUT2D eigenvalue weighted by Gasteiger charge is -2.31. The summed E-state index contributed by atoms with van der Waals surface area (Å²) in [7, 11) is 2.17. The van der Waals surface area contributed by atoms with E-state index in [2.05, 4.69) is 16.9 Å². The van der Waals surface area contributed by atoms with Crippen LogP contribution in [-0.2, 0) is 11.3 Å². The van der Waals surface area contributed by atoms with Crippen molar-refractivity contribution in [2.45, 2.75) is 44.6 Å². The van der Waals surface area contributed by atoms with E-state index in [1.54, 1.807) is 0 Å². The van der Waals surface area contributed by atoms with Gasteiger partial charge in [0.05, 0.1) is 24.1 Å². The SMILES string of the molecule is CN1CCC(c2cnc(CN(C(=O)C3CCC3)c3ccccc3)cn2)CC1. The van der Waals surface area contributed by atoms with Gasteiger partial charge in [0.2, 0.25) is 5.91 Å². The summed E-state index contributed by atoms with van der Waals surface area (Å²) in [6.45, 7) is 2.72. The molecule has 0 bridgehead atoms. The first-order chi connectivity index (χ1) is 13.2. The lowest BCUT2D eigenvalue weighted by atomic mass is 9.84. The zero-order valence-corrected chi connectivity index (χ0v) is 16.1. The predicted octanol–water partition coefficient (Wildman–Crippen LogP) is 3.62. The molecule has 2 heterocycles. The third kappa shape index (κ3) is 4.19. The number of rotatable bonds is 5. The summed E-state index contributed by atoms with van der Waals surface area (Å²) in [4.78, 5) is 26.5. The number of anilines is 1. The smallest absolute Gasteiger partial charge is 0.230 e. The molecular formula is C22H28N4O. The maximum atomic E-state index is 12.9. The van der Waals surface area contributed by atoms with Crippen molar-refractivity contribution in [1.29, 1.82) is 0 Å². The second kappa shape index (κ2) is 8.17. The van der Waals surface area contributed by atoms with Crippen LogP contribution in [0.25, 0.3) is 0 Å². The van der Waals surface area contributed by atoms with Crippen molar-refractivity contribution in [2.75, 3.05) is 25.0 Å². The van der Waals surface area contributed by atoms with Crippen molar-refractivity contribution in [3.63, 3.8) is 0 Å². The van der Waals surface area contributed by atoms with E-state index in [1.807, 2.05) is 47.6 Å². The van der Waals surface area contributed by atoms with Gasteiger partial charge in [0.1, 0.15) is 0 Å². The average molecular weight is 364 g/mol. The van der Waals surface area contributed by atoms with Crippen molar-refractivity contribution in [2.24, 2.45) is 5.92 Å². The maximum absolute atomic E-state index is 12.9. The van der Waals surface area contributed by atoms with Crippen molar-refractivity contribution in [1.82, 2.24) is 14.9 Å². The highest BCUT2D eigenvalue weighted by Crippen LogP contribution is 2.31. The van der Waals surface area contributed by atoms with Gasteiger partial charge in [-0.1, -0.05) is 24.6 Å². The molecule has 1 aromatic carbocycles. The van der Waals surface area contributed by atoms with Gasteiger partial charge in [0.25, 0.3) is 0 Å². The van der Waals surface area contributed by atoms with Crippen LogP contribution in [0, 0.1) is 5.92 Å². The fraction of sp³-hybridized carbons (Fsp3) is 0.500. The van der Waals surface area contributed by atoms with E-state index in [4.69, 9.17) is 4.98 Å². The van der Waals surface area contributed by atoms with Crippen LogP contribution in [0.4, 0.5) is 5.69 Å². The number of benzene rings is 1. The number of piperidine rings is 1. The van der Waals surface area contributed by atoms with E-state index < -0.39 is 0 Å². The molecule has 0 spiro atoms. The number of aromatic nitrogens is 2. The molecule has 0 radical (unpaired) electrons. The number of nitrogens with zero attached hydrogens (tertiary/aromatic N) is 4. The number of para-hydroxylation sites is 1. The Morgan fingerprint density at radius 2 is 1.81 bits per heavy atom. The van der Waals surface area contributed by atoms with Crippen LogP contribution >= 0.6 is 0 Å². The minimum Gasteiger partial charge on any atom is -0.306 e. The Balaban J connectivity index is 1.48. The van der Waals surface area contributed by atoms with Gasteiger partial charge in [0, 0.05) is 23.7 Å². The minimum absolute atomic E-state index is 0.164. The molecule has 0 unspecified atom stereocenters. The first kappa shape index (κ1) is 18.1. The molecule has 1 aliphatic carbocycles. The Labute approximate surface area is 161 Å². The lowest BCUT2D eigenvalue weighted by molar-refractivity contribution is -0.124. The Bertz CT molecular complexity index is 750. The number of hydrogen-bond acceptors (Lipinski definition) is 4. The Hall–Kier alpha value is -2.27. The molecule has 0 N–H and O–H groups in total. The largest absolute Gasteiger partial charge is 0.306 e. The van der Waals surface area contributed by atoms with E-state index in [0.717, 1.165) is 62.3 Å². The van der Waals surface area contributed by atoms with E-state index in [-0.39, 0.29) is 11.8 Å². The van der Waals surface area contributed by atoms with E-state index in [0.29, 0.717) is 12.5 Å². The highest BCUT2D eigenvalue weighted by Gasteiger charge is 2.30. The summed E-state index contributed by atoms with van der Waals surface area (Å²) in [5, 5.41) is 0. The van der Waals surface area contributed by atoms with Crippen molar-refractivity contribution < 1.29 is 4.79 Å². The van der Waals surface area contributed by atoms with Crippen molar-refractivity contribution in [3.8, 4) is 0 Å². The van der Waals surface area contributed by atoms with Gasteiger partial charge in [0.15, 0.2) is 0 Å². The fourth-order valence-corrected chi connectivity index (χ4v) is 3.90. The van der Waals surface area contributed by atoms with Gasteiger partial charge in [-0.25, -0.2) is 0 Å². The fourth-order valence-electron chi connectivity index (χ4n) is 3.90. The van der Waals surface area contributed by atoms with Crippen LogP contribution in [-0.4, -0.2) is 40.9 Å². The standard InChI is InChI=1S/C22H28N4O/c1-25-12-10-17(11-13-25)21-15-23-19(14-24-21)16-26(20-8-3-2-4-9-20)22(27)18-6-5-7-18/h2-4,8-9,14-15,17-18H,5-7,10-13,16H2,1H3. The predicted molar refractivity (Wildman–Crippen MR) is 106 cm³/mol. The Morgan fingerprint density at radius 1 is 1.07 bits per heavy atom. The van der Waals surface area contributed by atoms with Crippen LogP contribution in [0.5, 0.6) is 0 Å². The van der Waals surface area contributed by atoms with Gasteiger partial charge in [-0.2, -0.15) is 0 Å². The normalized spacial score (nSPS) is 18.9. The van der Waals surface area contributed by atoms with Crippen molar-refractivity contribution >= 4 is 11.6 Å². The number of amides is 1. The maximum Gasteiger partial charge on any atom is 0.230 e. The molecule has 4 rings (SSSR count). The molecule has 1 amide bonds. The van der Waals surface area contributed by atoms with E-state index >= 15 is 0 Å². The van der Waals surface area contributed by atoms with Crippen LogP contribution in [0.15, 0.2) is 42.7 Å².